The van der Waals surface area contributed by atoms with Crippen LogP contribution in [0.2, 0.25) is 0 Å². The van der Waals surface area contributed by atoms with Crippen molar-refractivity contribution in [1.82, 2.24) is 9.80 Å². The molecule has 2 aliphatic rings. The number of hydrogen-bond acceptors (Lipinski definition) is 4. The van der Waals surface area contributed by atoms with Gasteiger partial charge in [0.25, 0.3) is 5.91 Å². The Labute approximate surface area is 139 Å². The number of carbonyl (C=O) groups excluding carboxylic acids is 3. The van der Waals surface area contributed by atoms with Gasteiger partial charge in [-0.25, -0.2) is 14.1 Å². The first kappa shape index (κ1) is 16.4. The smallest absolute Gasteiger partial charge is 0.418 e. The van der Waals surface area contributed by atoms with Crippen LogP contribution < -0.4 is 0 Å². The molecular formula is C17H19FN2O4. The summed E-state index contributed by atoms with van der Waals surface area (Å²) in [5.41, 5.74) is 0.511. The summed E-state index contributed by atoms with van der Waals surface area (Å²) in [4.78, 5) is 38.9. The number of benzene rings is 1. The average Bonchev–Trinajstić information content (AvgIpc) is 2.70. The second kappa shape index (κ2) is 5.58. The molecule has 128 valence electrons. The fourth-order valence-electron chi connectivity index (χ4n) is 3.21. The van der Waals surface area contributed by atoms with Crippen molar-refractivity contribution in [2.24, 2.45) is 0 Å². The Bertz CT molecular complexity index is 731. The molecule has 0 spiro atoms. The number of fused-ring (bicyclic) bond motifs is 1. The number of halogens is 1. The molecule has 0 aliphatic carbocycles. The van der Waals surface area contributed by atoms with E-state index in [1.165, 1.54) is 26.0 Å². The summed E-state index contributed by atoms with van der Waals surface area (Å²) in [5, 5.41) is 0. The normalized spacial score (nSPS) is 22.4. The number of amides is 3. The van der Waals surface area contributed by atoms with Crippen LogP contribution in [0.3, 0.4) is 0 Å². The fourth-order valence-corrected chi connectivity index (χ4v) is 3.21. The molecule has 2 aliphatic heterocycles. The maximum absolute atomic E-state index is 13.5. The van der Waals surface area contributed by atoms with Gasteiger partial charge in [0.15, 0.2) is 5.60 Å². The average molecular weight is 334 g/mol. The molecule has 1 saturated heterocycles. The van der Waals surface area contributed by atoms with Gasteiger partial charge in [0, 0.05) is 6.54 Å². The van der Waals surface area contributed by atoms with Gasteiger partial charge in [0.2, 0.25) is 5.91 Å². The zero-order chi connectivity index (χ0) is 17.6. The quantitative estimate of drug-likeness (QED) is 0.830. The molecule has 1 aromatic carbocycles. The Morgan fingerprint density at radius 3 is 2.71 bits per heavy atom. The third-order valence-electron chi connectivity index (χ3n) is 4.58. The summed E-state index contributed by atoms with van der Waals surface area (Å²) in [6.07, 6.45) is -0.204. The van der Waals surface area contributed by atoms with Crippen LogP contribution >= 0.6 is 0 Å². The first-order chi connectivity index (χ1) is 11.2. The minimum Gasteiger partial charge on any atom is -0.433 e. The van der Waals surface area contributed by atoms with E-state index >= 15 is 0 Å². The molecule has 3 amide bonds. The molecule has 7 heteroatoms. The number of ether oxygens (including phenoxy) is 1. The Morgan fingerprint density at radius 2 is 2.08 bits per heavy atom. The van der Waals surface area contributed by atoms with Crippen LogP contribution in [0.15, 0.2) is 18.2 Å². The van der Waals surface area contributed by atoms with Crippen molar-refractivity contribution in [2.75, 3.05) is 13.1 Å². The number of nitrogens with zero attached hydrogens (tertiary/aromatic N) is 2. The second-order valence-electron chi connectivity index (χ2n) is 6.63. The molecule has 3 rings (SSSR count). The molecule has 0 bridgehead atoms. The summed E-state index contributed by atoms with van der Waals surface area (Å²) in [7, 11) is 0. The van der Waals surface area contributed by atoms with Gasteiger partial charge in [0.05, 0.1) is 6.04 Å². The van der Waals surface area contributed by atoms with Gasteiger partial charge in [-0.1, -0.05) is 6.07 Å². The Balaban J connectivity index is 1.77. The molecular weight excluding hydrogens is 315 g/mol. The Hall–Kier alpha value is -2.44. The number of hydrogen-bond donors (Lipinski definition) is 0. The van der Waals surface area contributed by atoms with Crippen LogP contribution in [-0.4, -0.2) is 46.4 Å². The second-order valence-corrected chi connectivity index (χ2v) is 6.63. The highest BCUT2D eigenvalue weighted by atomic mass is 19.1. The number of rotatable bonds is 2. The van der Waals surface area contributed by atoms with Crippen LogP contribution in [0.25, 0.3) is 0 Å². The monoisotopic (exact) mass is 334 g/mol. The third kappa shape index (κ3) is 2.64. The number of cyclic esters (lactones) is 1. The van der Waals surface area contributed by atoms with E-state index < -0.39 is 17.6 Å². The van der Waals surface area contributed by atoms with E-state index in [1.807, 2.05) is 6.92 Å². The molecule has 1 aromatic rings. The summed E-state index contributed by atoms with van der Waals surface area (Å²) < 4.78 is 18.5. The van der Waals surface area contributed by atoms with Crippen LogP contribution in [0.5, 0.6) is 0 Å². The van der Waals surface area contributed by atoms with Crippen molar-refractivity contribution >= 4 is 17.9 Å². The maximum atomic E-state index is 13.5. The highest BCUT2D eigenvalue weighted by molar-refractivity contribution is 6.04. The largest absolute Gasteiger partial charge is 0.433 e. The SMILES string of the molecule is CC1c2cc(F)ccc2CCN1C(=O)CN1C(=O)OC(C)(C)C1=O. The molecule has 24 heavy (non-hydrogen) atoms. The highest BCUT2D eigenvalue weighted by Gasteiger charge is 2.48. The van der Waals surface area contributed by atoms with E-state index in [2.05, 4.69) is 0 Å². The standard InChI is InChI=1S/C17H19FN2O4/c1-10-13-8-12(18)5-4-11(13)6-7-19(10)14(21)9-20-15(22)17(2,3)24-16(20)23/h4-5,8,10H,6-7,9H2,1-3H3. The zero-order valence-electron chi connectivity index (χ0n) is 13.8. The summed E-state index contributed by atoms with van der Waals surface area (Å²) >= 11 is 0. The summed E-state index contributed by atoms with van der Waals surface area (Å²) in [6, 6.07) is 4.24. The molecule has 2 heterocycles. The van der Waals surface area contributed by atoms with E-state index in [0.29, 0.717) is 13.0 Å². The van der Waals surface area contributed by atoms with Crippen molar-refractivity contribution < 1.29 is 23.5 Å². The Morgan fingerprint density at radius 1 is 1.38 bits per heavy atom. The van der Waals surface area contributed by atoms with Gasteiger partial charge in [-0.15, -0.1) is 0 Å². The lowest BCUT2D eigenvalue weighted by atomic mass is 9.93. The van der Waals surface area contributed by atoms with E-state index in [4.69, 9.17) is 4.74 Å². The highest BCUT2D eigenvalue weighted by Crippen LogP contribution is 2.31. The van der Waals surface area contributed by atoms with Gasteiger partial charge in [-0.3, -0.25) is 9.59 Å². The van der Waals surface area contributed by atoms with E-state index in [9.17, 15) is 18.8 Å². The molecule has 1 unspecified atom stereocenters. The predicted molar refractivity (Wildman–Crippen MR) is 82.5 cm³/mol. The van der Waals surface area contributed by atoms with Crippen molar-refractivity contribution in [1.29, 1.82) is 0 Å². The van der Waals surface area contributed by atoms with E-state index in [1.54, 1.807) is 11.0 Å². The molecule has 0 aromatic heterocycles. The van der Waals surface area contributed by atoms with Gasteiger partial charge in [-0.2, -0.15) is 0 Å². The number of carbonyl (C=O) groups is 3. The summed E-state index contributed by atoms with van der Waals surface area (Å²) in [5.74, 6) is -1.24. The van der Waals surface area contributed by atoms with E-state index in [0.717, 1.165) is 16.0 Å². The predicted octanol–water partition coefficient (Wildman–Crippen LogP) is 2.03. The first-order valence-electron chi connectivity index (χ1n) is 7.83. The van der Waals surface area contributed by atoms with Crippen LogP contribution in [0.1, 0.15) is 37.9 Å². The molecule has 0 N–H and O–H groups in total. The lowest BCUT2D eigenvalue weighted by molar-refractivity contribution is -0.141. The lowest BCUT2D eigenvalue weighted by Crippen LogP contribution is -2.47. The zero-order valence-corrected chi connectivity index (χ0v) is 13.8. The maximum Gasteiger partial charge on any atom is 0.418 e. The third-order valence-corrected chi connectivity index (χ3v) is 4.58. The van der Waals surface area contributed by atoms with Crippen molar-refractivity contribution in [3.8, 4) is 0 Å². The fraction of sp³-hybridized carbons (Fsp3) is 0.471. The Kier molecular flexibility index (Phi) is 3.81. The van der Waals surface area contributed by atoms with Crippen molar-refractivity contribution in [3.63, 3.8) is 0 Å². The molecule has 1 fully saturated rings. The van der Waals surface area contributed by atoms with E-state index in [-0.39, 0.29) is 24.3 Å². The van der Waals surface area contributed by atoms with Gasteiger partial charge in [-0.05, 0) is 50.5 Å². The lowest BCUT2D eigenvalue weighted by Gasteiger charge is -2.35. The van der Waals surface area contributed by atoms with Gasteiger partial charge < -0.3 is 9.64 Å². The first-order valence-corrected chi connectivity index (χ1v) is 7.83. The molecule has 0 radical (unpaired) electrons. The van der Waals surface area contributed by atoms with Gasteiger partial charge >= 0.3 is 6.09 Å². The van der Waals surface area contributed by atoms with Gasteiger partial charge in [0.1, 0.15) is 12.4 Å². The minimum atomic E-state index is -1.25. The van der Waals surface area contributed by atoms with Crippen molar-refractivity contribution in [3.05, 3.63) is 35.1 Å². The molecule has 6 nitrogen and oxygen atoms in total. The van der Waals surface area contributed by atoms with Crippen LogP contribution in [0, 0.1) is 5.82 Å². The van der Waals surface area contributed by atoms with Crippen LogP contribution in [-0.2, 0) is 20.7 Å². The molecule has 1 atom stereocenters. The minimum absolute atomic E-state index is 0.321. The van der Waals surface area contributed by atoms with Crippen LogP contribution in [0.4, 0.5) is 9.18 Å². The molecule has 0 saturated carbocycles. The topological polar surface area (TPSA) is 66.9 Å². The van der Waals surface area contributed by atoms with Crippen molar-refractivity contribution in [2.45, 2.75) is 38.8 Å². The number of imide groups is 1. The summed E-state index contributed by atoms with van der Waals surface area (Å²) in [6.45, 7) is 4.87.